The Kier molecular flexibility index (Phi) is 4.04. The van der Waals surface area contributed by atoms with Crippen LogP contribution in [0.15, 0.2) is 121 Å². The summed E-state index contributed by atoms with van der Waals surface area (Å²) in [6, 6.07) is 44.5. The molecule has 0 aliphatic carbocycles. The standard InChI is InChI=1S/C38H23N4S/c1-5-14-30-26(9-1)34-31(41(30)21-16-17-23-22-8-2-6-15-32(22)43-33(23)20-21)19-18-25-24-10-7-11-27-35-38(42(36(24)27)37(25)34)40-29-13-4-3-12-28(29)39-35/h1-20,35,38-39H/q-1. The molecule has 1 N–H and O–H groups in total. The second-order valence-corrected chi connectivity index (χ2v) is 12.9. The highest BCUT2D eigenvalue weighted by molar-refractivity contribution is 7.25. The predicted octanol–water partition coefficient (Wildman–Crippen LogP) is 10.9. The third-order valence-corrected chi connectivity index (χ3v) is 10.8. The first-order chi connectivity index (χ1) is 21.3. The van der Waals surface area contributed by atoms with Gasteiger partial charge in [-0.25, -0.2) is 0 Å². The van der Waals surface area contributed by atoms with E-state index in [1.165, 1.54) is 75.0 Å². The van der Waals surface area contributed by atoms with E-state index in [9.17, 15) is 0 Å². The molecule has 202 valence electrons. The van der Waals surface area contributed by atoms with Crippen molar-refractivity contribution in [2.45, 2.75) is 12.2 Å². The Balaban J connectivity index is 1.25. The van der Waals surface area contributed by atoms with Crippen molar-refractivity contribution in [3.8, 4) is 5.69 Å². The van der Waals surface area contributed by atoms with E-state index >= 15 is 0 Å². The fourth-order valence-electron chi connectivity index (χ4n) is 7.93. The largest absolute Gasteiger partial charge is 0.661 e. The van der Waals surface area contributed by atoms with Crippen LogP contribution in [0.1, 0.15) is 17.8 Å². The molecule has 0 radical (unpaired) electrons. The van der Waals surface area contributed by atoms with E-state index in [-0.39, 0.29) is 12.2 Å². The number of benzene rings is 6. The SMILES string of the molecule is c1ccc2c(c1)[N-]C1C(N2)c2cccc3c4ccc5c(c6ccccc6n5-c5ccc6c(c5)sc5ccccc56)c4n1c23. The van der Waals surface area contributed by atoms with Crippen LogP contribution in [-0.4, -0.2) is 9.13 Å². The molecule has 2 aliphatic heterocycles. The van der Waals surface area contributed by atoms with Crippen LogP contribution in [0.4, 0.5) is 11.4 Å². The van der Waals surface area contributed by atoms with E-state index in [2.05, 4.69) is 136 Å². The van der Waals surface area contributed by atoms with E-state index in [0.29, 0.717) is 0 Å². The second-order valence-electron chi connectivity index (χ2n) is 11.8. The van der Waals surface area contributed by atoms with Gasteiger partial charge >= 0.3 is 0 Å². The minimum atomic E-state index is -0.0464. The number of thiophene rings is 1. The van der Waals surface area contributed by atoms with Gasteiger partial charge in [-0.3, -0.25) is 0 Å². The van der Waals surface area contributed by atoms with Gasteiger partial charge in [0.1, 0.15) is 0 Å². The number of nitrogens with zero attached hydrogens (tertiary/aromatic N) is 3. The Morgan fingerprint density at radius 3 is 2.35 bits per heavy atom. The van der Waals surface area contributed by atoms with Crippen molar-refractivity contribution >= 4 is 86.5 Å². The second kappa shape index (κ2) is 7.77. The molecule has 9 aromatic rings. The average Bonchev–Trinajstić information content (AvgIpc) is 3.78. The minimum absolute atomic E-state index is 0.0464. The van der Waals surface area contributed by atoms with Gasteiger partial charge in [-0.2, -0.15) is 0 Å². The zero-order valence-electron chi connectivity index (χ0n) is 23.0. The number of fused-ring (bicyclic) bond motifs is 14. The highest BCUT2D eigenvalue weighted by atomic mass is 32.1. The van der Waals surface area contributed by atoms with Crippen molar-refractivity contribution in [2.75, 3.05) is 5.32 Å². The molecule has 0 saturated carbocycles. The summed E-state index contributed by atoms with van der Waals surface area (Å²) in [6.07, 6.45) is -0.0464. The van der Waals surface area contributed by atoms with Crippen LogP contribution >= 0.6 is 11.3 Å². The molecule has 11 rings (SSSR count). The van der Waals surface area contributed by atoms with Gasteiger partial charge in [-0.05, 0) is 48.1 Å². The summed E-state index contributed by atoms with van der Waals surface area (Å²) < 4.78 is 7.63. The van der Waals surface area contributed by atoms with Crippen LogP contribution in [0.5, 0.6) is 0 Å². The number of nitrogens with one attached hydrogen (secondary N) is 1. The summed E-state index contributed by atoms with van der Waals surface area (Å²) in [5.74, 6) is 0. The van der Waals surface area contributed by atoms with Crippen LogP contribution in [0.2, 0.25) is 0 Å². The summed E-state index contributed by atoms with van der Waals surface area (Å²) in [6.45, 7) is 0. The molecule has 2 atom stereocenters. The van der Waals surface area contributed by atoms with E-state index in [1.54, 1.807) is 0 Å². The third-order valence-electron chi connectivity index (χ3n) is 9.66. The lowest BCUT2D eigenvalue weighted by Crippen LogP contribution is -2.21. The molecule has 6 aromatic carbocycles. The maximum absolute atomic E-state index is 5.37. The van der Waals surface area contributed by atoms with E-state index < -0.39 is 0 Å². The van der Waals surface area contributed by atoms with Crippen molar-refractivity contribution < 1.29 is 0 Å². The maximum Gasteiger partial charge on any atom is 0.0582 e. The molecule has 0 amide bonds. The van der Waals surface area contributed by atoms with Gasteiger partial charge in [0.2, 0.25) is 0 Å². The molecule has 5 heteroatoms. The van der Waals surface area contributed by atoms with Crippen molar-refractivity contribution in [3.05, 3.63) is 132 Å². The molecule has 43 heavy (non-hydrogen) atoms. The Morgan fingerprint density at radius 1 is 0.605 bits per heavy atom. The number of para-hydroxylation sites is 4. The zero-order valence-corrected chi connectivity index (χ0v) is 23.8. The van der Waals surface area contributed by atoms with Crippen LogP contribution < -0.4 is 5.32 Å². The normalized spacial score (nSPS) is 17.2. The number of rotatable bonds is 1. The van der Waals surface area contributed by atoms with Crippen LogP contribution in [0.3, 0.4) is 0 Å². The molecule has 0 saturated heterocycles. The molecule has 5 heterocycles. The Hall–Kier alpha value is -5.26. The van der Waals surface area contributed by atoms with Crippen molar-refractivity contribution in [2.24, 2.45) is 0 Å². The quantitative estimate of drug-likeness (QED) is 0.210. The first kappa shape index (κ1) is 22.4. The Labute approximate surface area is 250 Å². The van der Waals surface area contributed by atoms with E-state index in [1.807, 2.05) is 11.3 Å². The van der Waals surface area contributed by atoms with Gasteiger partial charge in [-0.15, -0.1) is 17.0 Å². The molecule has 0 bridgehead atoms. The highest BCUT2D eigenvalue weighted by Crippen LogP contribution is 2.56. The van der Waals surface area contributed by atoms with Crippen molar-refractivity contribution in [1.29, 1.82) is 0 Å². The topological polar surface area (TPSA) is 36.0 Å². The fraction of sp³-hybridized carbons (Fsp3) is 0.0526. The van der Waals surface area contributed by atoms with Gasteiger partial charge in [0.15, 0.2) is 0 Å². The van der Waals surface area contributed by atoms with Crippen LogP contribution in [0, 0.1) is 0 Å². The molecular formula is C38H23N4S-. The highest BCUT2D eigenvalue weighted by Gasteiger charge is 2.34. The first-order valence-corrected chi connectivity index (χ1v) is 15.6. The minimum Gasteiger partial charge on any atom is -0.661 e. The van der Waals surface area contributed by atoms with Gasteiger partial charge < -0.3 is 19.8 Å². The average molecular weight is 568 g/mol. The van der Waals surface area contributed by atoms with Crippen LogP contribution in [0.25, 0.3) is 74.8 Å². The summed E-state index contributed by atoms with van der Waals surface area (Å²) in [5.41, 5.74) is 9.67. The lowest BCUT2D eigenvalue weighted by molar-refractivity contribution is 0.567. The molecule has 4 nitrogen and oxygen atoms in total. The lowest BCUT2D eigenvalue weighted by atomic mass is 9.99. The number of anilines is 1. The predicted molar refractivity (Wildman–Crippen MR) is 182 cm³/mol. The van der Waals surface area contributed by atoms with Gasteiger partial charge in [-0.1, -0.05) is 84.9 Å². The summed E-state index contributed by atoms with van der Waals surface area (Å²) in [4.78, 5) is 0. The molecule has 0 fully saturated rings. The number of hydrogen-bond donors (Lipinski definition) is 1. The van der Waals surface area contributed by atoms with E-state index in [4.69, 9.17) is 5.32 Å². The fourth-order valence-corrected chi connectivity index (χ4v) is 9.07. The number of hydrogen-bond acceptors (Lipinski definition) is 2. The molecular weight excluding hydrogens is 545 g/mol. The molecule has 0 spiro atoms. The van der Waals surface area contributed by atoms with Gasteiger partial charge in [0.25, 0.3) is 0 Å². The Bertz CT molecular complexity index is 2650. The van der Waals surface area contributed by atoms with Crippen molar-refractivity contribution in [1.82, 2.24) is 9.13 Å². The molecule has 2 unspecified atom stereocenters. The van der Waals surface area contributed by atoms with Crippen molar-refractivity contribution in [3.63, 3.8) is 0 Å². The van der Waals surface area contributed by atoms with Crippen LogP contribution in [-0.2, 0) is 0 Å². The molecule has 2 aliphatic rings. The Morgan fingerprint density at radius 2 is 1.37 bits per heavy atom. The smallest absolute Gasteiger partial charge is 0.0582 e. The first-order valence-electron chi connectivity index (χ1n) is 14.8. The molecule has 3 aromatic heterocycles. The monoisotopic (exact) mass is 567 g/mol. The van der Waals surface area contributed by atoms with E-state index in [0.717, 1.165) is 11.4 Å². The summed E-state index contributed by atoms with van der Waals surface area (Å²) in [5, 5.41) is 17.0. The number of aromatic nitrogens is 2. The lowest BCUT2D eigenvalue weighted by Gasteiger charge is -2.44. The third kappa shape index (κ3) is 2.72. The summed E-state index contributed by atoms with van der Waals surface area (Å²) >= 11 is 1.87. The van der Waals surface area contributed by atoms with Gasteiger partial charge in [0.05, 0.1) is 28.1 Å². The van der Waals surface area contributed by atoms with Gasteiger partial charge in [0, 0.05) is 53.1 Å². The summed E-state index contributed by atoms with van der Waals surface area (Å²) in [7, 11) is 0. The zero-order chi connectivity index (χ0) is 27.8. The maximum atomic E-state index is 5.37.